The molecular formula is C18H19N5O2S. The molecule has 0 atom stereocenters. The molecule has 4 rings (SSSR count). The Morgan fingerprint density at radius 3 is 2.85 bits per heavy atom. The van der Waals surface area contributed by atoms with E-state index in [9.17, 15) is 4.79 Å². The molecule has 26 heavy (non-hydrogen) atoms. The third kappa shape index (κ3) is 3.24. The summed E-state index contributed by atoms with van der Waals surface area (Å²) in [5, 5.41) is 15.9. The molecule has 0 unspecified atom stereocenters. The lowest BCUT2D eigenvalue weighted by Crippen LogP contribution is -2.36. The Bertz CT molecular complexity index is 901. The van der Waals surface area contributed by atoms with Crippen molar-refractivity contribution in [2.75, 3.05) is 12.3 Å². The van der Waals surface area contributed by atoms with Gasteiger partial charge < -0.3 is 14.4 Å². The van der Waals surface area contributed by atoms with Crippen molar-refractivity contribution in [2.24, 2.45) is 7.05 Å². The number of nitrogens with one attached hydrogen (secondary N) is 1. The van der Waals surface area contributed by atoms with Crippen LogP contribution < -0.4 is 5.32 Å². The summed E-state index contributed by atoms with van der Waals surface area (Å²) in [6, 6.07) is 11.7. The fraction of sp³-hybridized carbons (Fsp3) is 0.333. The van der Waals surface area contributed by atoms with Gasteiger partial charge in [0.1, 0.15) is 6.33 Å². The third-order valence-electron chi connectivity index (χ3n) is 4.53. The van der Waals surface area contributed by atoms with Gasteiger partial charge >= 0.3 is 0 Å². The number of benzene rings is 1. The Morgan fingerprint density at radius 2 is 2.15 bits per heavy atom. The molecule has 0 aliphatic heterocycles. The maximum Gasteiger partial charge on any atom is 0.232 e. The van der Waals surface area contributed by atoms with Gasteiger partial charge in [0.2, 0.25) is 5.91 Å². The smallest absolute Gasteiger partial charge is 0.232 e. The van der Waals surface area contributed by atoms with E-state index >= 15 is 0 Å². The molecule has 1 N–H and O–H groups in total. The Balaban J connectivity index is 1.36. The third-order valence-corrected chi connectivity index (χ3v) is 5.57. The number of carbonyl (C=O) groups excluding carboxylic acids is 1. The van der Waals surface area contributed by atoms with Gasteiger partial charge in [-0.15, -0.1) is 10.2 Å². The zero-order chi connectivity index (χ0) is 18.0. The van der Waals surface area contributed by atoms with E-state index in [2.05, 4.69) is 20.7 Å². The zero-order valence-electron chi connectivity index (χ0n) is 14.4. The van der Waals surface area contributed by atoms with Crippen molar-refractivity contribution in [1.29, 1.82) is 0 Å². The Kier molecular flexibility index (Phi) is 4.50. The lowest BCUT2D eigenvalue weighted by molar-refractivity contribution is -0.123. The van der Waals surface area contributed by atoms with Gasteiger partial charge in [0.15, 0.2) is 10.9 Å². The molecule has 1 fully saturated rings. The molecule has 0 spiro atoms. The second-order valence-corrected chi connectivity index (χ2v) is 7.42. The molecule has 134 valence electrons. The van der Waals surface area contributed by atoms with Crippen molar-refractivity contribution in [1.82, 2.24) is 25.2 Å². The van der Waals surface area contributed by atoms with Crippen molar-refractivity contribution in [3.8, 4) is 11.3 Å². The van der Waals surface area contributed by atoms with Crippen molar-refractivity contribution in [2.45, 2.75) is 23.4 Å². The first kappa shape index (κ1) is 16.8. The summed E-state index contributed by atoms with van der Waals surface area (Å²) in [4.78, 5) is 12.7. The summed E-state index contributed by atoms with van der Waals surface area (Å²) < 4.78 is 7.32. The van der Waals surface area contributed by atoms with E-state index in [-0.39, 0.29) is 5.91 Å². The standard InChI is InChI=1S/C18H19N5O2S/c1-23-12-20-21-17(23)26-10-9-19-16(24)18(7-8-18)15-11-14(25-22-15)13-5-3-2-4-6-13/h2-6,11-12H,7-10H2,1H3,(H,19,24). The van der Waals surface area contributed by atoms with Crippen LogP contribution in [0.5, 0.6) is 0 Å². The van der Waals surface area contributed by atoms with Gasteiger partial charge in [-0.25, -0.2) is 0 Å². The maximum atomic E-state index is 12.7. The summed E-state index contributed by atoms with van der Waals surface area (Å²) in [7, 11) is 1.90. The van der Waals surface area contributed by atoms with Gasteiger partial charge in [-0.1, -0.05) is 47.3 Å². The van der Waals surface area contributed by atoms with Gasteiger partial charge in [-0.3, -0.25) is 4.79 Å². The minimum Gasteiger partial charge on any atom is -0.356 e. The van der Waals surface area contributed by atoms with Crippen LogP contribution in [0.1, 0.15) is 18.5 Å². The average molecular weight is 369 g/mol. The van der Waals surface area contributed by atoms with Crippen LogP contribution in [0.25, 0.3) is 11.3 Å². The number of rotatable bonds is 7. The molecule has 8 heteroatoms. The SMILES string of the molecule is Cn1cnnc1SCCNC(=O)C1(c2cc(-c3ccccc3)on2)CC1. The van der Waals surface area contributed by atoms with E-state index in [1.165, 1.54) is 0 Å². The van der Waals surface area contributed by atoms with Gasteiger partial charge in [0.25, 0.3) is 0 Å². The monoisotopic (exact) mass is 369 g/mol. The van der Waals surface area contributed by atoms with Gasteiger partial charge in [-0.05, 0) is 12.8 Å². The highest BCUT2D eigenvalue weighted by molar-refractivity contribution is 7.99. The van der Waals surface area contributed by atoms with Crippen LogP contribution in [-0.2, 0) is 17.3 Å². The number of amides is 1. The van der Waals surface area contributed by atoms with E-state index in [1.807, 2.05) is 48.0 Å². The molecule has 2 heterocycles. The number of thioether (sulfide) groups is 1. The molecule has 0 saturated heterocycles. The van der Waals surface area contributed by atoms with E-state index in [4.69, 9.17) is 4.52 Å². The number of hydrogen-bond acceptors (Lipinski definition) is 6. The average Bonchev–Trinajstić information content (AvgIpc) is 3.14. The Hall–Kier alpha value is -2.61. The number of nitrogens with zero attached hydrogens (tertiary/aromatic N) is 4. The molecule has 3 aromatic rings. The molecular weight excluding hydrogens is 350 g/mol. The lowest BCUT2D eigenvalue weighted by Gasteiger charge is -2.12. The number of carbonyl (C=O) groups is 1. The fourth-order valence-electron chi connectivity index (χ4n) is 2.84. The van der Waals surface area contributed by atoms with Crippen LogP contribution in [0.2, 0.25) is 0 Å². The highest BCUT2D eigenvalue weighted by Gasteiger charge is 2.53. The molecule has 1 amide bonds. The van der Waals surface area contributed by atoms with Crippen LogP contribution in [0, 0.1) is 0 Å². The normalized spacial score (nSPS) is 15.0. The van der Waals surface area contributed by atoms with E-state index in [0.29, 0.717) is 12.3 Å². The van der Waals surface area contributed by atoms with Crippen LogP contribution in [0.4, 0.5) is 0 Å². The molecule has 1 aromatic carbocycles. The predicted molar refractivity (Wildman–Crippen MR) is 97.6 cm³/mol. The van der Waals surface area contributed by atoms with E-state index in [0.717, 1.165) is 35.0 Å². The van der Waals surface area contributed by atoms with E-state index in [1.54, 1.807) is 18.1 Å². The number of hydrogen-bond donors (Lipinski definition) is 1. The second kappa shape index (κ2) is 6.95. The topological polar surface area (TPSA) is 85.8 Å². The van der Waals surface area contributed by atoms with Crippen LogP contribution in [0.15, 0.2) is 52.4 Å². The minimum atomic E-state index is -0.536. The highest BCUT2D eigenvalue weighted by Crippen LogP contribution is 2.48. The summed E-state index contributed by atoms with van der Waals surface area (Å²) in [5.74, 6) is 1.45. The van der Waals surface area contributed by atoms with Crippen LogP contribution in [0.3, 0.4) is 0 Å². The first-order valence-corrected chi connectivity index (χ1v) is 9.45. The summed E-state index contributed by atoms with van der Waals surface area (Å²) in [6.07, 6.45) is 3.26. The van der Waals surface area contributed by atoms with Gasteiger partial charge in [0, 0.05) is 31.0 Å². The molecule has 0 bridgehead atoms. The largest absolute Gasteiger partial charge is 0.356 e. The quantitative estimate of drug-likeness (QED) is 0.508. The first-order valence-electron chi connectivity index (χ1n) is 8.47. The molecule has 0 radical (unpaired) electrons. The maximum absolute atomic E-state index is 12.7. The molecule has 1 aliphatic rings. The minimum absolute atomic E-state index is 0.0176. The lowest BCUT2D eigenvalue weighted by atomic mass is 10.0. The van der Waals surface area contributed by atoms with Gasteiger partial charge in [-0.2, -0.15) is 0 Å². The molecule has 7 nitrogen and oxygen atoms in total. The van der Waals surface area contributed by atoms with Crippen LogP contribution in [-0.4, -0.2) is 38.1 Å². The molecule has 1 saturated carbocycles. The van der Waals surface area contributed by atoms with Gasteiger partial charge in [0.05, 0.1) is 11.1 Å². The van der Waals surface area contributed by atoms with Crippen LogP contribution >= 0.6 is 11.8 Å². The Morgan fingerprint density at radius 1 is 1.35 bits per heavy atom. The predicted octanol–water partition coefficient (Wildman–Crippen LogP) is 2.41. The highest BCUT2D eigenvalue weighted by atomic mass is 32.2. The zero-order valence-corrected chi connectivity index (χ0v) is 15.2. The van der Waals surface area contributed by atoms with Crippen molar-refractivity contribution in [3.05, 3.63) is 48.4 Å². The van der Waals surface area contributed by atoms with E-state index < -0.39 is 5.41 Å². The first-order chi connectivity index (χ1) is 12.7. The van der Waals surface area contributed by atoms with Crippen molar-refractivity contribution < 1.29 is 9.32 Å². The molecule has 2 aromatic heterocycles. The fourth-order valence-corrected chi connectivity index (χ4v) is 3.59. The Labute approximate surface area is 155 Å². The summed E-state index contributed by atoms with van der Waals surface area (Å²) >= 11 is 1.56. The second-order valence-electron chi connectivity index (χ2n) is 6.35. The molecule has 1 aliphatic carbocycles. The van der Waals surface area contributed by atoms with Crippen molar-refractivity contribution in [3.63, 3.8) is 0 Å². The van der Waals surface area contributed by atoms with Crippen molar-refractivity contribution >= 4 is 17.7 Å². The number of aryl methyl sites for hydroxylation is 1. The number of aromatic nitrogens is 4. The summed E-state index contributed by atoms with van der Waals surface area (Å²) in [6.45, 7) is 0.571. The summed E-state index contributed by atoms with van der Waals surface area (Å²) in [5.41, 5.74) is 1.14.